The highest BCUT2D eigenvalue weighted by Crippen LogP contribution is 1.96. The molecule has 0 rings (SSSR count). The van der Waals surface area contributed by atoms with Crippen LogP contribution in [0.4, 0.5) is 0 Å². The minimum absolute atomic E-state index is 0.269. The molecule has 70 valence electrons. The number of ketones is 1. The number of allylic oxidation sites excluding steroid dienone is 1. The van der Waals surface area contributed by atoms with Gasteiger partial charge in [-0.15, -0.1) is 6.58 Å². The minimum atomic E-state index is 0.269. The van der Waals surface area contributed by atoms with Gasteiger partial charge in [0, 0.05) is 19.4 Å². The Morgan fingerprint density at radius 1 is 1.42 bits per heavy atom. The van der Waals surface area contributed by atoms with Crippen molar-refractivity contribution in [3.8, 4) is 0 Å². The number of carbonyl (C=O) groups excluding carboxylic acids is 1. The first kappa shape index (κ1) is 11.4. The smallest absolute Gasteiger partial charge is 0.135 e. The SMILES string of the molecule is C=CCCC(=O)CCOCCC. The van der Waals surface area contributed by atoms with E-state index in [0.29, 0.717) is 19.4 Å². The number of carbonyl (C=O) groups is 1. The summed E-state index contributed by atoms with van der Waals surface area (Å²) in [5.74, 6) is 0.269. The Labute approximate surface area is 74.6 Å². The van der Waals surface area contributed by atoms with Gasteiger partial charge in [-0.2, -0.15) is 0 Å². The maximum Gasteiger partial charge on any atom is 0.135 e. The predicted molar refractivity (Wildman–Crippen MR) is 50.2 cm³/mol. The first-order valence-corrected chi connectivity index (χ1v) is 4.51. The second-order valence-electron chi connectivity index (χ2n) is 2.73. The van der Waals surface area contributed by atoms with E-state index in [1.165, 1.54) is 0 Å². The third kappa shape index (κ3) is 7.48. The molecule has 0 saturated carbocycles. The first-order valence-electron chi connectivity index (χ1n) is 4.51. The molecule has 0 fully saturated rings. The first-order chi connectivity index (χ1) is 5.81. The molecule has 0 N–H and O–H groups in total. The third-order valence-corrected chi connectivity index (χ3v) is 1.50. The molecule has 0 bridgehead atoms. The monoisotopic (exact) mass is 170 g/mol. The van der Waals surface area contributed by atoms with Crippen LogP contribution >= 0.6 is 0 Å². The van der Waals surface area contributed by atoms with E-state index in [1.807, 2.05) is 0 Å². The van der Waals surface area contributed by atoms with Crippen LogP contribution in [0, 0.1) is 0 Å². The van der Waals surface area contributed by atoms with E-state index in [0.717, 1.165) is 19.4 Å². The Hall–Kier alpha value is -0.630. The fraction of sp³-hybridized carbons (Fsp3) is 0.700. The molecule has 0 aliphatic rings. The summed E-state index contributed by atoms with van der Waals surface area (Å²) in [6.45, 7) is 6.95. The van der Waals surface area contributed by atoms with E-state index < -0.39 is 0 Å². The maximum atomic E-state index is 11.0. The molecule has 0 spiro atoms. The van der Waals surface area contributed by atoms with Gasteiger partial charge in [0.1, 0.15) is 5.78 Å². The van der Waals surface area contributed by atoms with E-state index in [9.17, 15) is 4.79 Å². The molecule has 0 atom stereocenters. The standard InChI is InChI=1S/C10H18O2/c1-3-5-6-10(11)7-9-12-8-4-2/h3H,1,4-9H2,2H3. The molecule has 0 aliphatic heterocycles. The van der Waals surface area contributed by atoms with Gasteiger partial charge in [0.25, 0.3) is 0 Å². The van der Waals surface area contributed by atoms with Crippen molar-refractivity contribution in [3.05, 3.63) is 12.7 Å². The average Bonchev–Trinajstić information content (AvgIpc) is 2.09. The van der Waals surface area contributed by atoms with Crippen molar-refractivity contribution < 1.29 is 9.53 Å². The van der Waals surface area contributed by atoms with Gasteiger partial charge in [-0.25, -0.2) is 0 Å². The van der Waals surface area contributed by atoms with Crippen LogP contribution in [-0.4, -0.2) is 19.0 Å². The van der Waals surface area contributed by atoms with Gasteiger partial charge in [-0.1, -0.05) is 13.0 Å². The lowest BCUT2D eigenvalue weighted by Gasteiger charge is -2.00. The molecule has 0 aromatic carbocycles. The molecule has 2 nitrogen and oxygen atoms in total. The largest absolute Gasteiger partial charge is 0.381 e. The molecule has 0 aromatic rings. The van der Waals surface area contributed by atoms with Crippen LogP contribution in [0.3, 0.4) is 0 Å². The lowest BCUT2D eigenvalue weighted by atomic mass is 10.2. The zero-order valence-corrected chi connectivity index (χ0v) is 7.84. The van der Waals surface area contributed by atoms with E-state index in [-0.39, 0.29) is 5.78 Å². The van der Waals surface area contributed by atoms with Crippen molar-refractivity contribution in [1.82, 2.24) is 0 Å². The average molecular weight is 170 g/mol. The summed E-state index contributed by atoms with van der Waals surface area (Å²) in [6.07, 6.45) is 4.73. The van der Waals surface area contributed by atoms with Gasteiger partial charge >= 0.3 is 0 Å². The maximum absolute atomic E-state index is 11.0. The van der Waals surface area contributed by atoms with Gasteiger partial charge in [-0.05, 0) is 12.8 Å². The van der Waals surface area contributed by atoms with E-state index in [2.05, 4.69) is 13.5 Å². The second kappa shape index (κ2) is 8.47. The molecule has 0 amide bonds. The number of rotatable bonds is 8. The zero-order chi connectivity index (χ0) is 9.23. The summed E-state index contributed by atoms with van der Waals surface area (Å²) in [4.78, 5) is 11.0. The quantitative estimate of drug-likeness (QED) is 0.413. The fourth-order valence-corrected chi connectivity index (χ4v) is 0.820. The molecular formula is C10H18O2. The second-order valence-corrected chi connectivity index (χ2v) is 2.73. The van der Waals surface area contributed by atoms with E-state index in [4.69, 9.17) is 4.74 Å². The molecule has 0 aliphatic carbocycles. The highest BCUT2D eigenvalue weighted by molar-refractivity contribution is 5.78. The van der Waals surface area contributed by atoms with E-state index >= 15 is 0 Å². The lowest BCUT2D eigenvalue weighted by Crippen LogP contribution is -2.04. The van der Waals surface area contributed by atoms with Gasteiger partial charge in [-0.3, -0.25) is 4.79 Å². The summed E-state index contributed by atoms with van der Waals surface area (Å²) >= 11 is 0. The Kier molecular flexibility index (Phi) is 8.02. The minimum Gasteiger partial charge on any atom is -0.381 e. The molecule has 0 unspecified atom stereocenters. The van der Waals surface area contributed by atoms with Crippen LogP contribution in [0.2, 0.25) is 0 Å². The molecule has 12 heavy (non-hydrogen) atoms. The summed E-state index contributed by atoms with van der Waals surface area (Å²) in [5, 5.41) is 0. The van der Waals surface area contributed by atoms with Crippen molar-refractivity contribution in [1.29, 1.82) is 0 Å². The predicted octanol–water partition coefficient (Wildman–Crippen LogP) is 2.34. The van der Waals surface area contributed by atoms with Gasteiger partial charge in [0.2, 0.25) is 0 Å². The van der Waals surface area contributed by atoms with Crippen molar-refractivity contribution in [2.45, 2.75) is 32.6 Å². The Bertz CT molecular complexity index is 130. The molecule has 0 saturated heterocycles. The Morgan fingerprint density at radius 3 is 2.75 bits per heavy atom. The van der Waals surface area contributed by atoms with Crippen LogP contribution in [0.25, 0.3) is 0 Å². The van der Waals surface area contributed by atoms with Crippen molar-refractivity contribution in [2.24, 2.45) is 0 Å². The number of hydrogen-bond donors (Lipinski definition) is 0. The summed E-state index contributed by atoms with van der Waals surface area (Å²) in [6, 6.07) is 0. The van der Waals surface area contributed by atoms with Gasteiger partial charge in [0.05, 0.1) is 6.61 Å². The third-order valence-electron chi connectivity index (χ3n) is 1.50. The highest BCUT2D eigenvalue weighted by Gasteiger charge is 1.99. The Balaban J connectivity index is 3.13. The van der Waals surface area contributed by atoms with Crippen LogP contribution in [0.5, 0.6) is 0 Å². The number of ether oxygens (including phenoxy) is 1. The van der Waals surface area contributed by atoms with Gasteiger partial charge in [0.15, 0.2) is 0 Å². The van der Waals surface area contributed by atoms with E-state index in [1.54, 1.807) is 6.08 Å². The fourth-order valence-electron chi connectivity index (χ4n) is 0.820. The van der Waals surface area contributed by atoms with Crippen molar-refractivity contribution >= 4 is 5.78 Å². The lowest BCUT2D eigenvalue weighted by molar-refractivity contribution is -0.120. The molecular weight excluding hydrogens is 152 g/mol. The number of hydrogen-bond acceptors (Lipinski definition) is 2. The van der Waals surface area contributed by atoms with Crippen LogP contribution < -0.4 is 0 Å². The molecule has 0 aromatic heterocycles. The molecule has 2 heteroatoms. The Morgan fingerprint density at radius 2 is 2.17 bits per heavy atom. The number of Topliss-reactive ketones (excluding diaryl/α,β-unsaturated/α-hetero) is 1. The topological polar surface area (TPSA) is 26.3 Å². The van der Waals surface area contributed by atoms with Gasteiger partial charge < -0.3 is 4.74 Å². The van der Waals surface area contributed by atoms with Crippen molar-refractivity contribution in [2.75, 3.05) is 13.2 Å². The van der Waals surface area contributed by atoms with Crippen LogP contribution in [-0.2, 0) is 9.53 Å². The highest BCUT2D eigenvalue weighted by atomic mass is 16.5. The summed E-state index contributed by atoms with van der Waals surface area (Å²) < 4.78 is 5.19. The van der Waals surface area contributed by atoms with Crippen LogP contribution in [0.1, 0.15) is 32.6 Å². The molecule has 0 radical (unpaired) electrons. The molecule has 0 heterocycles. The summed E-state index contributed by atoms with van der Waals surface area (Å²) in [5.41, 5.74) is 0. The summed E-state index contributed by atoms with van der Waals surface area (Å²) in [7, 11) is 0. The van der Waals surface area contributed by atoms with Crippen molar-refractivity contribution in [3.63, 3.8) is 0 Å². The normalized spacial score (nSPS) is 9.75. The van der Waals surface area contributed by atoms with Crippen LogP contribution in [0.15, 0.2) is 12.7 Å². The zero-order valence-electron chi connectivity index (χ0n) is 7.84.